The predicted octanol–water partition coefficient (Wildman–Crippen LogP) is 4.21. The molecule has 2 aliphatic rings. The molecule has 5 nitrogen and oxygen atoms in total. The van der Waals surface area contributed by atoms with Gasteiger partial charge in [0, 0.05) is 31.2 Å². The predicted molar refractivity (Wildman–Crippen MR) is 143 cm³/mol. The normalized spacial score (nSPS) is 24.6. The van der Waals surface area contributed by atoms with Crippen molar-refractivity contribution in [1.29, 1.82) is 0 Å². The molecule has 2 aromatic rings. The van der Waals surface area contributed by atoms with Gasteiger partial charge in [-0.2, -0.15) is 0 Å². The molecule has 0 amide bonds. The molecule has 2 unspecified atom stereocenters. The number of piperazine rings is 1. The van der Waals surface area contributed by atoms with Crippen LogP contribution in [0.3, 0.4) is 0 Å². The highest BCUT2D eigenvalue weighted by atomic mass is 35.5. The van der Waals surface area contributed by atoms with E-state index in [0.717, 1.165) is 26.2 Å². The molecule has 0 bridgehead atoms. The highest BCUT2D eigenvalue weighted by Gasteiger charge is 2.42. The van der Waals surface area contributed by atoms with Gasteiger partial charge in [-0.05, 0) is 60.7 Å². The smallest absolute Gasteiger partial charge is 0.176 e. The number of nitrogens with one attached hydrogen (secondary N) is 1. The average Bonchev–Trinajstić information content (AvgIpc) is 2.88. The number of allylic oxidation sites excluding steroid dienone is 2. The Labute approximate surface area is 225 Å². The molecule has 0 radical (unpaired) electrons. The molecular weight excluding hydrogens is 519 g/mol. The topological polar surface area (TPSA) is 78.6 Å². The number of hydrogen-bond donors (Lipinski definition) is 3. The Morgan fingerprint density at radius 1 is 1.03 bits per heavy atom. The largest absolute Gasteiger partial charge is 0.380 e. The van der Waals surface area contributed by atoms with Gasteiger partial charge in [0.15, 0.2) is 10.7 Å². The van der Waals surface area contributed by atoms with Gasteiger partial charge in [0.1, 0.15) is 17.2 Å². The van der Waals surface area contributed by atoms with Crippen LogP contribution in [-0.2, 0) is 10.4 Å². The SMILES string of the molecule is NC1(CCCC(O)(c2ccc(F)cc2)c2ccc(F)cc2)C=CC(Cl)(C(=O)CN2CCNCC2)C(Cl)=C1. The number of carbonyl (C=O) groups is 1. The monoisotopic (exact) mass is 549 g/mol. The summed E-state index contributed by atoms with van der Waals surface area (Å²) in [5.74, 6) is -1.05. The van der Waals surface area contributed by atoms with E-state index < -0.39 is 27.6 Å². The summed E-state index contributed by atoms with van der Waals surface area (Å²) in [6, 6.07) is 11.2. The minimum Gasteiger partial charge on any atom is -0.380 e. The lowest BCUT2D eigenvalue weighted by atomic mass is 9.79. The lowest BCUT2D eigenvalue weighted by Gasteiger charge is -2.35. The van der Waals surface area contributed by atoms with Crippen molar-refractivity contribution in [1.82, 2.24) is 10.2 Å². The molecule has 4 rings (SSSR count). The number of nitrogens with zero attached hydrogens (tertiary/aromatic N) is 1. The van der Waals surface area contributed by atoms with Gasteiger partial charge in [-0.15, -0.1) is 0 Å². The van der Waals surface area contributed by atoms with Crippen LogP contribution in [0.4, 0.5) is 8.78 Å². The highest BCUT2D eigenvalue weighted by molar-refractivity contribution is 6.48. The first-order chi connectivity index (χ1) is 17.5. The first-order valence-electron chi connectivity index (χ1n) is 12.3. The summed E-state index contributed by atoms with van der Waals surface area (Å²) in [5, 5.41) is 15.1. The van der Waals surface area contributed by atoms with Crippen LogP contribution in [-0.4, -0.2) is 58.9 Å². The third kappa shape index (κ3) is 6.30. The van der Waals surface area contributed by atoms with Crippen LogP contribution >= 0.6 is 23.2 Å². The van der Waals surface area contributed by atoms with Gasteiger partial charge in [0.2, 0.25) is 0 Å². The lowest BCUT2D eigenvalue weighted by Crippen LogP contribution is -2.50. The van der Waals surface area contributed by atoms with E-state index in [1.54, 1.807) is 18.2 Å². The fourth-order valence-corrected chi connectivity index (χ4v) is 5.41. The Bertz CT molecular complexity index is 1120. The molecule has 0 aromatic heterocycles. The summed E-state index contributed by atoms with van der Waals surface area (Å²) in [4.78, 5) is 13.6. The Morgan fingerprint density at radius 2 is 1.57 bits per heavy atom. The molecule has 1 heterocycles. The third-order valence-corrected chi connectivity index (χ3v) is 8.19. The number of nitrogens with two attached hydrogens (primary N) is 1. The zero-order valence-corrected chi connectivity index (χ0v) is 21.9. The second-order valence-electron chi connectivity index (χ2n) is 9.83. The van der Waals surface area contributed by atoms with Gasteiger partial charge < -0.3 is 16.2 Å². The van der Waals surface area contributed by atoms with E-state index in [2.05, 4.69) is 5.32 Å². The van der Waals surface area contributed by atoms with E-state index in [9.17, 15) is 18.7 Å². The number of ketones is 1. The standard InChI is InChI=1S/C28H31Cl2F2N3O2/c29-24-18-26(33,12-13-27(24,30)25(36)19-35-16-14-34-15-17-35)10-1-11-28(37,20-2-6-22(31)7-3-20)21-4-8-23(32)9-5-21/h2-9,12-13,18,34,37H,1,10-11,14-17,19,33H2. The molecule has 37 heavy (non-hydrogen) atoms. The van der Waals surface area contributed by atoms with E-state index in [4.69, 9.17) is 28.9 Å². The molecule has 1 saturated heterocycles. The minimum absolute atomic E-state index is 0.159. The van der Waals surface area contributed by atoms with Crippen molar-refractivity contribution in [3.63, 3.8) is 0 Å². The molecule has 9 heteroatoms. The number of benzene rings is 2. The van der Waals surface area contributed by atoms with Crippen molar-refractivity contribution in [2.75, 3.05) is 32.7 Å². The number of aliphatic hydroxyl groups is 1. The summed E-state index contributed by atoms with van der Waals surface area (Å²) in [7, 11) is 0. The van der Waals surface area contributed by atoms with Crippen LogP contribution in [0, 0.1) is 11.6 Å². The van der Waals surface area contributed by atoms with E-state index in [-0.39, 0.29) is 23.8 Å². The van der Waals surface area contributed by atoms with E-state index >= 15 is 0 Å². The van der Waals surface area contributed by atoms with Crippen LogP contribution in [0.25, 0.3) is 0 Å². The molecule has 2 aromatic carbocycles. The molecule has 1 aliphatic heterocycles. The van der Waals surface area contributed by atoms with Gasteiger partial charge >= 0.3 is 0 Å². The lowest BCUT2D eigenvalue weighted by molar-refractivity contribution is -0.120. The molecule has 1 fully saturated rings. The van der Waals surface area contributed by atoms with E-state index in [1.807, 2.05) is 4.90 Å². The van der Waals surface area contributed by atoms with Crippen molar-refractivity contribution in [2.45, 2.75) is 35.3 Å². The van der Waals surface area contributed by atoms with Gasteiger partial charge in [-0.1, -0.05) is 59.6 Å². The van der Waals surface area contributed by atoms with Gasteiger partial charge in [-0.25, -0.2) is 8.78 Å². The number of carbonyl (C=O) groups excluding carboxylic acids is 1. The maximum absolute atomic E-state index is 13.5. The molecule has 0 spiro atoms. The summed E-state index contributed by atoms with van der Waals surface area (Å²) >= 11 is 13.2. The zero-order valence-electron chi connectivity index (χ0n) is 20.4. The van der Waals surface area contributed by atoms with Crippen molar-refractivity contribution in [2.24, 2.45) is 5.73 Å². The van der Waals surface area contributed by atoms with Crippen molar-refractivity contribution < 1.29 is 18.7 Å². The molecular formula is C28H31Cl2F2N3O2. The molecule has 4 N–H and O–H groups in total. The van der Waals surface area contributed by atoms with Gasteiger partial charge in [0.25, 0.3) is 0 Å². The summed E-state index contributed by atoms with van der Waals surface area (Å²) < 4.78 is 27.1. The molecule has 0 saturated carbocycles. The van der Waals surface area contributed by atoms with E-state index in [1.165, 1.54) is 48.5 Å². The fourth-order valence-electron chi connectivity index (χ4n) is 4.86. The Kier molecular flexibility index (Phi) is 8.53. The Morgan fingerprint density at radius 3 is 2.08 bits per heavy atom. The molecule has 198 valence electrons. The van der Waals surface area contributed by atoms with Crippen LogP contribution in [0.2, 0.25) is 0 Å². The quantitative estimate of drug-likeness (QED) is 0.322. The van der Waals surface area contributed by atoms with E-state index in [0.29, 0.717) is 24.0 Å². The van der Waals surface area contributed by atoms with Gasteiger partial charge in [0.05, 0.1) is 12.1 Å². The van der Waals surface area contributed by atoms with Crippen LogP contribution < -0.4 is 11.1 Å². The van der Waals surface area contributed by atoms with Crippen molar-refractivity contribution in [3.05, 3.63) is 94.6 Å². The molecule has 2 atom stereocenters. The average molecular weight is 550 g/mol. The second kappa shape index (κ2) is 11.3. The maximum atomic E-state index is 13.5. The fraction of sp³-hybridized carbons (Fsp3) is 0.393. The number of Topliss-reactive ketones (excluding diaryl/α,β-unsaturated/α-hetero) is 1. The van der Waals surface area contributed by atoms with Crippen molar-refractivity contribution >= 4 is 29.0 Å². The number of alkyl halides is 1. The zero-order chi connectivity index (χ0) is 26.7. The van der Waals surface area contributed by atoms with Crippen molar-refractivity contribution in [3.8, 4) is 0 Å². The van der Waals surface area contributed by atoms with Crippen LogP contribution in [0.1, 0.15) is 30.4 Å². The summed E-state index contributed by atoms with van der Waals surface area (Å²) in [6.45, 7) is 3.34. The molecule has 1 aliphatic carbocycles. The first-order valence-corrected chi connectivity index (χ1v) is 13.1. The second-order valence-corrected chi connectivity index (χ2v) is 10.8. The minimum atomic E-state index is -1.49. The number of halogens is 4. The Hall–Kier alpha value is -2.13. The summed E-state index contributed by atoms with van der Waals surface area (Å²) in [5.41, 5.74) is 5.09. The first kappa shape index (κ1) is 27.9. The van der Waals surface area contributed by atoms with Crippen LogP contribution in [0.5, 0.6) is 0 Å². The summed E-state index contributed by atoms with van der Waals surface area (Å²) in [6.07, 6.45) is 5.92. The Balaban J connectivity index is 1.46. The maximum Gasteiger partial charge on any atom is 0.176 e. The number of hydrogen-bond acceptors (Lipinski definition) is 5. The van der Waals surface area contributed by atoms with Gasteiger partial charge in [-0.3, -0.25) is 9.69 Å². The van der Waals surface area contributed by atoms with Crippen LogP contribution in [0.15, 0.2) is 71.8 Å². The number of rotatable bonds is 9. The third-order valence-electron chi connectivity index (χ3n) is 7.14. The highest BCUT2D eigenvalue weighted by Crippen LogP contribution is 2.40.